The summed E-state index contributed by atoms with van der Waals surface area (Å²) in [7, 11) is 0. The van der Waals surface area contributed by atoms with Crippen LogP contribution >= 0.6 is 0 Å². The molecule has 0 aliphatic carbocycles. The summed E-state index contributed by atoms with van der Waals surface area (Å²) in [5, 5.41) is 17.3. The van der Waals surface area contributed by atoms with Crippen molar-refractivity contribution in [1.29, 1.82) is 0 Å². The van der Waals surface area contributed by atoms with Crippen molar-refractivity contribution in [2.45, 2.75) is 6.10 Å². The Morgan fingerprint density at radius 3 is 2.60 bits per heavy atom. The average Bonchev–Trinajstić information content (AvgIpc) is 2.29. The molecule has 0 aliphatic rings. The molecule has 0 aliphatic heterocycles. The molecular weight excluding hydrogens is 200 g/mol. The molecule has 0 spiro atoms. The molecule has 0 saturated carbocycles. The Balaban J connectivity index is 2.31. The van der Waals surface area contributed by atoms with E-state index in [4.69, 9.17) is 10.2 Å². The summed E-state index contributed by atoms with van der Waals surface area (Å²) in [4.78, 5) is 20.1. The van der Waals surface area contributed by atoms with Gasteiger partial charge in [0.05, 0.1) is 12.2 Å². The van der Waals surface area contributed by atoms with E-state index in [0.29, 0.717) is 5.56 Å². The molecule has 0 saturated heterocycles. The Morgan fingerprint density at radius 1 is 1.33 bits per heavy atom. The topological polar surface area (TPSA) is 76.0 Å². The number of aliphatic hydroxyl groups is 2. The van der Waals surface area contributed by atoms with E-state index in [9.17, 15) is 4.79 Å². The molecule has 0 fully saturated rings. The second-order valence-electron chi connectivity index (χ2n) is 2.86. The SMILES string of the molecule is O=C(OOCC(O)CO)c1ccccc1. The molecule has 1 aromatic carbocycles. The van der Waals surface area contributed by atoms with Gasteiger partial charge in [0.25, 0.3) is 0 Å². The fourth-order valence-corrected chi connectivity index (χ4v) is 0.841. The largest absolute Gasteiger partial charge is 0.394 e. The van der Waals surface area contributed by atoms with Crippen molar-refractivity contribution in [3.63, 3.8) is 0 Å². The molecule has 0 radical (unpaired) electrons. The van der Waals surface area contributed by atoms with Gasteiger partial charge in [-0.1, -0.05) is 18.2 Å². The van der Waals surface area contributed by atoms with E-state index >= 15 is 0 Å². The highest BCUT2D eigenvalue weighted by Gasteiger charge is 2.09. The van der Waals surface area contributed by atoms with Crippen LogP contribution in [-0.2, 0) is 9.78 Å². The van der Waals surface area contributed by atoms with Crippen molar-refractivity contribution in [3.05, 3.63) is 35.9 Å². The second-order valence-corrected chi connectivity index (χ2v) is 2.86. The summed E-state index contributed by atoms with van der Waals surface area (Å²) in [5.41, 5.74) is 0.357. The molecule has 82 valence electrons. The molecule has 0 aromatic heterocycles. The zero-order valence-electron chi connectivity index (χ0n) is 8.00. The average molecular weight is 212 g/mol. The Kier molecular flexibility index (Phi) is 4.76. The number of benzene rings is 1. The molecule has 1 atom stereocenters. The minimum atomic E-state index is -1.05. The third-order valence-electron chi connectivity index (χ3n) is 1.62. The van der Waals surface area contributed by atoms with Gasteiger partial charge in [0.1, 0.15) is 12.7 Å². The van der Waals surface area contributed by atoms with Crippen LogP contribution in [0.5, 0.6) is 0 Å². The van der Waals surface area contributed by atoms with Crippen molar-refractivity contribution in [1.82, 2.24) is 0 Å². The second kappa shape index (κ2) is 6.13. The Hall–Kier alpha value is -1.43. The summed E-state index contributed by atoms with van der Waals surface area (Å²) in [5.74, 6) is -0.638. The number of hydrogen-bond acceptors (Lipinski definition) is 5. The van der Waals surface area contributed by atoms with Crippen LogP contribution in [0.4, 0.5) is 0 Å². The van der Waals surface area contributed by atoms with Crippen LogP contribution in [0.25, 0.3) is 0 Å². The molecule has 5 heteroatoms. The van der Waals surface area contributed by atoms with Crippen LogP contribution in [0.2, 0.25) is 0 Å². The lowest BCUT2D eigenvalue weighted by atomic mass is 10.2. The molecule has 0 amide bonds. The number of carbonyl (C=O) groups excluding carboxylic acids is 1. The van der Waals surface area contributed by atoms with Crippen LogP contribution in [0.3, 0.4) is 0 Å². The first-order valence-corrected chi connectivity index (χ1v) is 4.42. The van der Waals surface area contributed by atoms with E-state index in [1.54, 1.807) is 30.3 Å². The van der Waals surface area contributed by atoms with Gasteiger partial charge in [-0.3, -0.25) is 4.89 Å². The van der Waals surface area contributed by atoms with Crippen molar-refractivity contribution in [2.24, 2.45) is 0 Å². The maximum Gasteiger partial charge on any atom is 0.373 e. The molecule has 1 aromatic rings. The molecule has 2 N–H and O–H groups in total. The quantitative estimate of drug-likeness (QED) is 0.536. The minimum absolute atomic E-state index is 0.255. The summed E-state index contributed by atoms with van der Waals surface area (Å²) in [6, 6.07) is 8.31. The summed E-state index contributed by atoms with van der Waals surface area (Å²) in [6.45, 7) is -0.696. The molecule has 1 unspecified atom stereocenters. The standard InChI is InChI=1S/C10H12O5/c11-6-9(12)7-14-15-10(13)8-4-2-1-3-5-8/h1-5,9,11-12H,6-7H2. The van der Waals surface area contributed by atoms with Gasteiger partial charge >= 0.3 is 5.97 Å². The first kappa shape index (κ1) is 11.6. The van der Waals surface area contributed by atoms with Crippen molar-refractivity contribution >= 4 is 5.97 Å². The third-order valence-corrected chi connectivity index (χ3v) is 1.62. The highest BCUT2D eigenvalue weighted by Crippen LogP contribution is 2.01. The van der Waals surface area contributed by atoms with E-state index in [1.165, 1.54) is 0 Å². The lowest BCUT2D eigenvalue weighted by molar-refractivity contribution is -0.256. The van der Waals surface area contributed by atoms with Crippen LogP contribution in [0.1, 0.15) is 10.4 Å². The van der Waals surface area contributed by atoms with Gasteiger partial charge in [-0.25, -0.2) is 4.79 Å². The summed E-state index contributed by atoms with van der Waals surface area (Å²) >= 11 is 0. The van der Waals surface area contributed by atoms with Gasteiger partial charge in [-0.15, -0.1) is 0 Å². The highest BCUT2D eigenvalue weighted by molar-refractivity contribution is 5.88. The Morgan fingerprint density at radius 2 is 2.00 bits per heavy atom. The Bertz CT molecular complexity index is 298. The van der Waals surface area contributed by atoms with E-state index in [1.807, 2.05) is 0 Å². The Labute approximate surface area is 86.8 Å². The maximum atomic E-state index is 11.2. The summed E-state index contributed by atoms with van der Waals surface area (Å²) < 4.78 is 0. The third kappa shape index (κ3) is 4.07. The van der Waals surface area contributed by atoms with Gasteiger partial charge in [0.2, 0.25) is 0 Å². The number of hydrogen-bond donors (Lipinski definition) is 2. The fraction of sp³-hybridized carbons (Fsp3) is 0.300. The van der Waals surface area contributed by atoms with Crippen LogP contribution in [0, 0.1) is 0 Å². The predicted octanol–water partition coefficient (Wildman–Crippen LogP) is 0.128. The van der Waals surface area contributed by atoms with Gasteiger partial charge < -0.3 is 10.2 Å². The van der Waals surface area contributed by atoms with Gasteiger partial charge in [-0.2, -0.15) is 4.89 Å². The predicted molar refractivity (Wildman–Crippen MR) is 50.9 cm³/mol. The van der Waals surface area contributed by atoms with Gasteiger partial charge in [-0.05, 0) is 12.1 Å². The van der Waals surface area contributed by atoms with E-state index < -0.39 is 18.7 Å². The number of rotatable bonds is 5. The van der Waals surface area contributed by atoms with Crippen molar-refractivity contribution in [3.8, 4) is 0 Å². The van der Waals surface area contributed by atoms with E-state index in [2.05, 4.69) is 9.78 Å². The van der Waals surface area contributed by atoms with Crippen molar-refractivity contribution < 1.29 is 24.8 Å². The molecule has 5 nitrogen and oxygen atoms in total. The first-order chi connectivity index (χ1) is 7.24. The fourth-order valence-electron chi connectivity index (χ4n) is 0.841. The lowest BCUT2D eigenvalue weighted by Crippen LogP contribution is -2.20. The van der Waals surface area contributed by atoms with Crippen LogP contribution < -0.4 is 0 Å². The van der Waals surface area contributed by atoms with E-state index in [-0.39, 0.29) is 6.61 Å². The maximum absolute atomic E-state index is 11.2. The molecule has 1 rings (SSSR count). The zero-order chi connectivity index (χ0) is 11.1. The van der Waals surface area contributed by atoms with Crippen LogP contribution in [0.15, 0.2) is 30.3 Å². The number of carbonyl (C=O) groups is 1. The smallest absolute Gasteiger partial charge is 0.373 e. The van der Waals surface area contributed by atoms with E-state index in [0.717, 1.165) is 0 Å². The summed E-state index contributed by atoms with van der Waals surface area (Å²) in [6.07, 6.45) is -1.05. The molecule has 0 bridgehead atoms. The van der Waals surface area contributed by atoms with Crippen molar-refractivity contribution in [2.75, 3.05) is 13.2 Å². The first-order valence-electron chi connectivity index (χ1n) is 4.42. The minimum Gasteiger partial charge on any atom is -0.394 e. The number of aliphatic hydroxyl groups excluding tert-OH is 2. The zero-order valence-corrected chi connectivity index (χ0v) is 8.00. The normalized spacial score (nSPS) is 12.1. The molecule has 0 heterocycles. The highest BCUT2D eigenvalue weighted by atomic mass is 17.2. The van der Waals surface area contributed by atoms with Crippen LogP contribution in [-0.4, -0.2) is 35.5 Å². The lowest BCUT2D eigenvalue weighted by Gasteiger charge is -2.06. The monoisotopic (exact) mass is 212 g/mol. The van der Waals surface area contributed by atoms with Gasteiger partial charge in [0.15, 0.2) is 0 Å². The van der Waals surface area contributed by atoms with Gasteiger partial charge in [0, 0.05) is 0 Å². The molecular formula is C10H12O5. The molecule has 15 heavy (non-hydrogen) atoms.